The molecule has 1 aromatic rings. The van der Waals surface area contributed by atoms with Crippen molar-refractivity contribution in [1.82, 2.24) is 0 Å². The molecule has 0 saturated carbocycles. The van der Waals surface area contributed by atoms with Gasteiger partial charge in [0.15, 0.2) is 0 Å². The highest BCUT2D eigenvalue weighted by atomic mass is 16.5. The normalized spacial score (nSPS) is 19.5. The maximum absolute atomic E-state index is 9.13. The van der Waals surface area contributed by atoms with Crippen molar-refractivity contribution in [3.8, 4) is 11.8 Å². The van der Waals surface area contributed by atoms with Crippen molar-refractivity contribution in [2.45, 2.75) is 38.5 Å². The second kappa shape index (κ2) is 3.83. The summed E-state index contributed by atoms with van der Waals surface area (Å²) in [5.41, 5.74) is 2.44. The Balaban J connectivity index is 2.48. The van der Waals surface area contributed by atoms with E-state index in [1.807, 2.05) is 6.07 Å². The number of ether oxygens (including phenoxy) is 1. The first-order valence-electron chi connectivity index (χ1n) is 5.69. The summed E-state index contributed by atoms with van der Waals surface area (Å²) in [4.78, 5) is 0. The Bertz CT molecular complexity index is 437. The molecule has 0 radical (unpaired) electrons. The molecule has 0 N–H and O–H groups in total. The lowest BCUT2D eigenvalue weighted by molar-refractivity contribution is 0.280. The maximum Gasteiger partial charge on any atom is 0.123 e. The lowest BCUT2D eigenvalue weighted by atomic mass is 9.83. The van der Waals surface area contributed by atoms with E-state index in [0.717, 1.165) is 17.7 Å². The topological polar surface area (TPSA) is 33.0 Å². The Labute approximate surface area is 96.9 Å². The van der Waals surface area contributed by atoms with Gasteiger partial charge in [0, 0.05) is 12.0 Å². The number of fused-ring (bicyclic) bond motifs is 1. The molecule has 1 aliphatic heterocycles. The van der Waals surface area contributed by atoms with Crippen LogP contribution in [-0.2, 0) is 5.41 Å². The van der Waals surface area contributed by atoms with E-state index < -0.39 is 0 Å². The lowest BCUT2D eigenvalue weighted by Gasteiger charge is -2.25. The first-order chi connectivity index (χ1) is 7.52. The average molecular weight is 215 g/mol. The van der Waals surface area contributed by atoms with Crippen LogP contribution in [0.5, 0.6) is 5.75 Å². The van der Waals surface area contributed by atoms with E-state index in [4.69, 9.17) is 10.00 Å². The van der Waals surface area contributed by atoms with Crippen LogP contribution in [0.2, 0.25) is 0 Å². The number of rotatable bonds is 0. The van der Waals surface area contributed by atoms with Crippen molar-refractivity contribution in [2.75, 3.05) is 6.61 Å². The summed E-state index contributed by atoms with van der Waals surface area (Å²) in [5.74, 6) is 0.872. The van der Waals surface area contributed by atoms with Crippen LogP contribution >= 0.6 is 0 Å². The molecule has 2 rings (SSSR count). The fourth-order valence-corrected chi connectivity index (χ4v) is 2.00. The fraction of sp³-hybridized carbons (Fsp3) is 0.500. The highest BCUT2D eigenvalue weighted by Gasteiger charge is 2.23. The zero-order valence-corrected chi connectivity index (χ0v) is 10.1. The molecule has 1 aromatic carbocycles. The van der Waals surface area contributed by atoms with Crippen LogP contribution in [0.1, 0.15) is 44.2 Å². The van der Waals surface area contributed by atoms with Crippen LogP contribution in [0.15, 0.2) is 18.2 Å². The molecule has 2 heteroatoms. The van der Waals surface area contributed by atoms with Gasteiger partial charge in [-0.1, -0.05) is 32.9 Å². The summed E-state index contributed by atoms with van der Waals surface area (Å²) in [6.07, 6.45) is 0.803. The van der Waals surface area contributed by atoms with E-state index in [9.17, 15) is 0 Å². The smallest absolute Gasteiger partial charge is 0.123 e. The summed E-state index contributed by atoms with van der Waals surface area (Å²) < 4.78 is 5.57. The number of benzene rings is 1. The van der Waals surface area contributed by atoms with E-state index in [-0.39, 0.29) is 11.3 Å². The van der Waals surface area contributed by atoms with Gasteiger partial charge in [0.2, 0.25) is 0 Å². The van der Waals surface area contributed by atoms with Crippen LogP contribution in [-0.4, -0.2) is 6.61 Å². The molecular formula is C14H17NO. The minimum Gasteiger partial charge on any atom is -0.493 e. The second-order valence-electron chi connectivity index (χ2n) is 5.32. The number of nitrogens with zero attached hydrogens (tertiary/aromatic N) is 1. The molecule has 1 unspecified atom stereocenters. The Morgan fingerprint density at radius 1 is 1.38 bits per heavy atom. The molecule has 0 aromatic heterocycles. The lowest BCUT2D eigenvalue weighted by Crippen LogP contribution is -2.16. The first-order valence-corrected chi connectivity index (χ1v) is 5.69. The van der Waals surface area contributed by atoms with Gasteiger partial charge in [0.25, 0.3) is 0 Å². The van der Waals surface area contributed by atoms with Gasteiger partial charge < -0.3 is 4.74 Å². The molecule has 0 fully saturated rings. The zero-order valence-electron chi connectivity index (χ0n) is 10.1. The Hall–Kier alpha value is -1.49. The first kappa shape index (κ1) is 11.0. The molecule has 1 aliphatic rings. The standard InChI is InChI=1S/C14H17NO/c1-14(2,3)11-4-5-13-12(8-11)10(9-15)6-7-16-13/h4-5,8,10H,6-7H2,1-3H3. The monoisotopic (exact) mass is 215 g/mol. The highest BCUT2D eigenvalue weighted by molar-refractivity contribution is 5.45. The van der Waals surface area contributed by atoms with Gasteiger partial charge in [-0.2, -0.15) is 5.26 Å². The van der Waals surface area contributed by atoms with Gasteiger partial charge >= 0.3 is 0 Å². The second-order valence-corrected chi connectivity index (χ2v) is 5.32. The third-order valence-corrected chi connectivity index (χ3v) is 3.07. The molecule has 1 atom stereocenters. The summed E-state index contributed by atoms with van der Waals surface area (Å²) in [7, 11) is 0. The average Bonchev–Trinajstić information content (AvgIpc) is 2.26. The van der Waals surface area contributed by atoms with Crippen LogP contribution in [0.4, 0.5) is 0 Å². The number of hydrogen-bond acceptors (Lipinski definition) is 2. The molecule has 0 amide bonds. The van der Waals surface area contributed by atoms with Crippen LogP contribution in [0.25, 0.3) is 0 Å². The molecule has 0 spiro atoms. The third-order valence-electron chi connectivity index (χ3n) is 3.07. The number of hydrogen-bond donors (Lipinski definition) is 0. The van der Waals surface area contributed by atoms with Crippen LogP contribution in [0.3, 0.4) is 0 Å². The molecular weight excluding hydrogens is 198 g/mol. The predicted molar refractivity (Wildman–Crippen MR) is 63.6 cm³/mol. The molecule has 0 saturated heterocycles. The van der Waals surface area contributed by atoms with Gasteiger partial charge in [-0.3, -0.25) is 0 Å². The van der Waals surface area contributed by atoms with Crippen molar-refractivity contribution in [3.05, 3.63) is 29.3 Å². The zero-order chi connectivity index (χ0) is 11.8. The van der Waals surface area contributed by atoms with Gasteiger partial charge in [-0.15, -0.1) is 0 Å². The Kier molecular flexibility index (Phi) is 2.63. The van der Waals surface area contributed by atoms with E-state index >= 15 is 0 Å². The van der Waals surface area contributed by atoms with Gasteiger partial charge in [0.1, 0.15) is 5.75 Å². The molecule has 1 heterocycles. The van der Waals surface area contributed by atoms with Gasteiger partial charge in [-0.25, -0.2) is 0 Å². The van der Waals surface area contributed by atoms with Gasteiger partial charge in [0.05, 0.1) is 18.6 Å². The molecule has 0 aliphatic carbocycles. The Morgan fingerprint density at radius 3 is 2.75 bits per heavy atom. The Morgan fingerprint density at radius 2 is 2.12 bits per heavy atom. The van der Waals surface area contributed by atoms with Crippen LogP contribution in [0, 0.1) is 11.3 Å². The van der Waals surface area contributed by atoms with Gasteiger partial charge in [-0.05, 0) is 17.0 Å². The summed E-state index contributed by atoms with van der Waals surface area (Å²) in [6, 6.07) is 8.58. The third kappa shape index (κ3) is 1.90. The fourth-order valence-electron chi connectivity index (χ4n) is 2.00. The summed E-state index contributed by atoms with van der Waals surface area (Å²) in [6.45, 7) is 7.19. The highest BCUT2D eigenvalue weighted by Crippen LogP contribution is 2.36. The molecule has 0 bridgehead atoms. The quantitative estimate of drug-likeness (QED) is 0.664. The summed E-state index contributed by atoms with van der Waals surface area (Å²) in [5, 5.41) is 9.13. The maximum atomic E-state index is 9.13. The minimum absolute atomic E-state index is 0.00829. The minimum atomic E-state index is -0.00829. The van der Waals surface area contributed by atoms with E-state index in [1.54, 1.807) is 0 Å². The van der Waals surface area contributed by atoms with E-state index in [2.05, 4.69) is 39.0 Å². The van der Waals surface area contributed by atoms with Crippen molar-refractivity contribution in [1.29, 1.82) is 5.26 Å². The molecule has 16 heavy (non-hydrogen) atoms. The van der Waals surface area contributed by atoms with Crippen molar-refractivity contribution in [3.63, 3.8) is 0 Å². The van der Waals surface area contributed by atoms with Crippen molar-refractivity contribution in [2.24, 2.45) is 0 Å². The van der Waals surface area contributed by atoms with E-state index in [0.29, 0.717) is 6.61 Å². The SMILES string of the molecule is CC(C)(C)c1ccc2c(c1)C(C#N)CCO2. The van der Waals surface area contributed by atoms with E-state index in [1.165, 1.54) is 5.56 Å². The number of nitriles is 1. The largest absolute Gasteiger partial charge is 0.493 e. The van der Waals surface area contributed by atoms with Crippen molar-refractivity contribution < 1.29 is 4.74 Å². The van der Waals surface area contributed by atoms with Crippen molar-refractivity contribution >= 4 is 0 Å². The molecule has 84 valence electrons. The summed E-state index contributed by atoms with van der Waals surface area (Å²) >= 11 is 0. The predicted octanol–water partition coefficient (Wildman–Crippen LogP) is 3.37. The molecule has 2 nitrogen and oxygen atoms in total. The van der Waals surface area contributed by atoms with Crippen LogP contribution < -0.4 is 4.74 Å².